The largest absolute Gasteiger partial charge is 0.298 e. The molecule has 1 amide bonds. The van der Waals surface area contributed by atoms with Gasteiger partial charge in [-0.15, -0.1) is 22.7 Å². The molecule has 1 aliphatic rings. The highest BCUT2D eigenvalue weighted by Crippen LogP contribution is 2.36. The smallest absolute Gasteiger partial charge is 0.269 e. The Kier molecular flexibility index (Phi) is 4.78. The maximum absolute atomic E-state index is 12.7. The predicted octanol–water partition coefficient (Wildman–Crippen LogP) is 5.03. The van der Waals surface area contributed by atoms with Gasteiger partial charge < -0.3 is 0 Å². The molecule has 0 atom stereocenters. The zero-order valence-corrected chi connectivity index (χ0v) is 16.2. The molecule has 0 aliphatic carbocycles. The van der Waals surface area contributed by atoms with E-state index >= 15 is 0 Å². The van der Waals surface area contributed by atoms with Crippen molar-refractivity contribution in [1.82, 2.24) is 9.88 Å². The Balaban J connectivity index is 1.54. The fourth-order valence-corrected chi connectivity index (χ4v) is 5.58. The first-order chi connectivity index (χ1) is 12.2. The minimum absolute atomic E-state index is 0.178. The number of hydrogen-bond donors (Lipinski definition) is 1. The maximum atomic E-state index is 12.7. The Morgan fingerprint density at radius 1 is 1.36 bits per heavy atom. The van der Waals surface area contributed by atoms with Gasteiger partial charge in [0.2, 0.25) is 0 Å². The number of thiazole rings is 1. The molecule has 25 heavy (non-hydrogen) atoms. The third-order valence-corrected chi connectivity index (χ3v) is 6.98. The van der Waals surface area contributed by atoms with E-state index in [1.165, 1.54) is 16.2 Å². The molecule has 0 saturated carbocycles. The van der Waals surface area contributed by atoms with Crippen LogP contribution in [-0.2, 0) is 13.0 Å². The molecule has 1 N–H and O–H groups in total. The minimum atomic E-state index is -0.178. The first-order valence-electron chi connectivity index (χ1n) is 8.35. The van der Waals surface area contributed by atoms with Crippen molar-refractivity contribution >= 4 is 55.4 Å². The molecule has 0 bridgehead atoms. The van der Waals surface area contributed by atoms with Gasteiger partial charge in [-0.2, -0.15) is 0 Å². The van der Waals surface area contributed by atoms with Gasteiger partial charge in [0.1, 0.15) is 4.88 Å². The highest BCUT2D eigenvalue weighted by atomic mass is 35.5. The lowest BCUT2D eigenvalue weighted by Gasteiger charge is -2.24. The quantitative estimate of drug-likeness (QED) is 0.678. The van der Waals surface area contributed by atoms with Crippen molar-refractivity contribution in [2.24, 2.45) is 0 Å². The molecular weight excluding hydrogens is 374 g/mol. The summed E-state index contributed by atoms with van der Waals surface area (Å²) in [4.78, 5) is 21.5. The number of halogens is 1. The van der Waals surface area contributed by atoms with Crippen LogP contribution in [0.5, 0.6) is 0 Å². The number of anilines is 1. The summed E-state index contributed by atoms with van der Waals surface area (Å²) in [6.07, 6.45) is 2.10. The van der Waals surface area contributed by atoms with Crippen molar-refractivity contribution in [3.8, 4) is 0 Å². The molecule has 0 saturated heterocycles. The van der Waals surface area contributed by atoms with Crippen LogP contribution in [0.2, 0.25) is 5.02 Å². The molecule has 4 nitrogen and oxygen atoms in total. The monoisotopic (exact) mass is 391 g/mol. The van der Waals surface area contributed by atoms with Crippen molar-refractivity contribution < 1.29 is 4.79 Å². The van der Waals surface area contributed by atoms with Crippen LogP contribution >= 0.6 is 34.3 Å². The Morgan fingerprint density at radius 2 is 2.20 bits per heavy atom. The lowest BCUT2D eigenvalue weighted by atomic mass is 10.2. The Morgan fingerprint density at radius 3 is 3.00 bits per heavy atom. The number of fused-ring (bicyclic) bond motifs is 2. The van der Waals surface area contributed by atoms with Crippen LogP contribution < -0.4 is 5.32 Å². The van der Waals surface area contributed by atoms with E-state index in [-0.39, 0.29) is 5.91 Å². The Hall–Kier alpha value is -1.47. The second-order valence-corrected chi connectivity index (χ2v) is 8.62. The van der Waals surface area contributed by atoms with E-state index in [0.717, 1.165) is 48.3 Å². The van der Waals surface area contributed by atoms with E-state index in [1.807, 2.05) is 24.3 Å². The van der Waals surface area contributed by atoms with Crippen LogP contribution in [0.3, 0.4) is 0 Å². The highest BCUT2D eigenvalue weighted by molar-refractivity contribution is 7.22. The number of carbonyl (C=O) groups is 1. The van der Waals surface area contributed by atoms with Crippen LogP contribution in [0.1, 0.15) is 33.6 Å². The molecule has 7 heteroatoms. The Labute approximate surface area is 159 Å². The number of aromatic nitrogens is 1. The molecule has 3 heterocycles. The standard InChI is InChI=1S/C18H18ClN3OS2/c1-2-8-22-9-7-12-14(10-22)25-18(20-12)21-17(23)16-15(19)11-5-3-4-6-13(11)24-16/h3-6H,2,7-10H2,1H3,(H,20,21,23). The van der Waals surface area contributed by atoms with E-state index < -0.39 is 0 Å². The lowest BCUT2D eigenvalue weighted by Crippen LogP contribution is -2.30. The molecule has 130 valence electrons. The summed E-state index contributed by atoms with van der Waals surface area (Å²) in [6.45, 7) is 5.28. The van der Waals surface area contributed by atoms with Gasteiger partial charge in [-0.25, -0.2) is 4.98 Å². The van der Waals surface area contributed by atoms with Crippen molar-refractivity contribution in [2.75, 3.05) is 18.4 Å². The molecule has 0 spiro atoms. The molecule has 0 fully saturated rings. The fraction of sp³-hybridized carbons (Fsp3) is 0.333. The zero-order valence-electron chi connectivity index (χ0n) is 13.8. The second-order valence-electron chi connectivity index (χ2n) is 6.11. The summed E-state index contributed by atoms with van der Waals surface area (Å²) in [7, 11) is 0. The summed E-state index contributed by atoms with van der Waals surface area (Å²) >= 11 is 9.39. The zero-order chi connectivity index (χ0) is 17.4. The number of benzene rings is 1. The van der Waals surface area contributed by atoms with Gasteiger partial charge >= 0.3 is 0 Å². The average molecular weight is 392 g/mol. The molecule has 3 aromatic rings. The number of carbonyl (C=O) groups excluding carboxylic acids is 1. The minimum Gasteiger partial charge on any atom is -0.298 e. The van der Waals surface area contributed by atoms with Gasteiger partial charge in [-0.1, -0.05) is 36.7 Å². The third kappa shape index (κ3) is 3.31. The summed E-state index contributed by atoms with van der Waals surface area (Å²) in [5.41, 5.74) is 1.12. The molecule has 1 aliphatic heterocycles. The van der Waals surface area contributed by atoms with Crippen molar-refractivity contribution in [3.63, 3.8) is 0 Å². The molecule has 1 aromatic carbocycles. The predicted molar refractivity (Wildman–Crippen MR) is 106 cm³/mol. The molecule has 2 aromatic heterocycles. The molecule has 4 rings (SSSR count). The number of rotatable bonds is 4. The maximum Gasteiger partial charge on any atom is 0.269 e. The number of amides is 1. The highest BCUT2D eigenvalue weighted by Gasteiger charge is 2.22. The summed E-state index contributed by atoms with van der Waals surface area (Å²) < 4.78 is 1.02. The Bertz CT molecular complexity index is 934. The van der Waals surface area contributed by atoms with E-state index in [1.54, 1.807) is 11.3 Å². The average Bonchev–Trinajstić information content (AvgIpc) is 3.16. The summed E-state index contributed by atoms with van der Waals surface area (Å²) in [5.74, 6) is -0.178. The first-order valence-corrected chi connectivity index (χ1v) is 10.4. The van der Waals surface area contributed by atoms with E-state index in [9.17, 15) is 4.79 Å². The normalized spacial score (nSPS) is 14.6. The van der Waals surface area contributed by atoms with Gasteiger partial charge in [-0.3, -0.25) is 15.0 Å². The second kappa shape index (κ2) is 7.03. The number of nitrogens with one attached hydrogen (secondary N) is 1. The van der Waals surface area contributed by atoms with Gasteiger partial charge in [-0.05, 0) is 19.0 Å². The summed E-state index contributed by atoms with van der Waals surface area (Å²) in [5, 5.41) is 5.05. The summed E-state index contributed by atoms with van der Waals surface area (Å²) in [6, 6.07) is 7.80. The molecular formula is C18H18ClN3OS2. The van der Waals surface area contributed by atoms with Crippen molar-refractivity contribution in [1.29, 1.82) is 0 Å². The van der Waals surface area contributed by atoms with Crippen LogP contribution in [0.25, 0.3) is 10.1 Å². The lowest BCUT2D eigenvalue weighted by molar-refractivity contribution is 0.103. The third-order valence-electron chi connectivity index (χ3n) is 4.31. The number of thiophene rings is 1. The SMILES string of the molecule is CCCN1CCc2nc(NC(=O)c3sc4ccccc4c3Cl)sc2C1. The van der Waals surface area contributed by atoms with Crippen molar-refractivity contribution in [3.05, 3.63) is 44.7 Å². The van der Waals surface area contributed by atoms with Crippen LogP contribution in [0, 0.1) is 0 Å². The van der Waals surface area contributed by atoms with E-state index in [4.69, 9.17) is 11.6 Å². The van der Waals surface area contributed by atoms with Gasteiger partial charge in [0.15, 0.2) is 5.13 Å². The van der Waals surface area contributed by atoms with Gasteiger partial charge in [0.25, 0.3) is 5.91 Å². The molecule has 0 unspecified atom stereocenters. The molecule has 0 radical (unpaired) electrons. The van der Waals surface area contributed by atoms with Gasteiger partial charge in [0.05, 0.1) is 10.7 Å². The number of hydrogen-bond acceptors (Lipinski definition) is 5. The van der Waals surface area contributed by atoms with Crippen LogP contribution in [0.15, 0.2) is 24.3 Å². The van der Waals surface area contributed by atoms with Crippen LogP contribution in [0.4, 0.5) is 5.13 Å². The van der Waals surface area contributed by atoms with E-state index in [2.05, 4.69) is 22.1 Å². The van der Waals surface area contributed by atoms with Crippen LogP contribution in [-0.4, -0.2) is 28.9 Å². The topological polar surface area (TPSA) is 45.2 Å². The first kappa shape index (κ1) is 17.0. The van der Waals surface area contributed by atoms with Crippen molar-refractivity contribution in [2.45, 2.75) is 26.3 Å². The number of nitrogens with zero attached hydrogens (tertiary/aromatic N) is 2. The van der Waals surface area contributed by atoms with E-state index in [0.29, 0.717) is 15.0 Å². The fourth-order valence-electron chi connectivity index (χ4n) is 3.12. The van der Waals surface area contributed by atoms with Gasteiger partial charge in [0, 0.05) is 34.5 Å².